The van der Waals surface area contributed by atoms with Gasteiger partial charge in [0.15, 0.2) is 0 Å². The van der Waals surface area contributed by atoms with Crippen molar-refractivity contribution in [1.82, 2.24) is 0 Å². The first-order valence-electron chi connectivity index (χ1n) is 4.42. The highest BCUT2D eigenvalue weighted by atomic mass is 79.9. The maximum Gasteiger partial charge on any atom is 0.0568 e. The predicted molar refractivity (Wildman–Crippen MR) is 67.1 cm³/mol. The maximum absolute atomic E-state index is 5.95. The average Bonchev–Trinajstić information content (AvgIpc) is 2.10. The van der Waals surface area contributed by atoms with Crippen LogP contribution in [-0.4, -0.2) is 6.54 Å². The van der Waals surface area contributed by atoms with Gasteiger partial charge in [-0.15, -0.1) is 0 Å². The molecule has 0 amide bonds. The molecule has 0 fully saturated rings. The van der Waals surface area contributed by atoms with Gasteiger partial charge in [-0.2, -0.15) is 0 Å². The summed E-state index contributed by atoms with van der Waals surface area (Å²) in [6.45, 7) is 4.99. The van der Waals surface area contributed by atoms with Crippen molar-refractivity contribution < 1.29 is 0 Å². The Kier molecular flexibility index (Phi) is 4.49. The van der Waals surface area contributed by atoms with E-state index < -0.39 is 0 Å². The first kappa shape index (κ1) is 11.6. The highest BCUT2D eigenvalue weighted by Gasteiger charge is 1.97. The summed E-state index contributed by atoms with van der Waals surface area (Å²) in [6.07, 6.45) is 2.13. The second-order valence-corrected chi connectivity index (χ2v) is 4.55. The average molecular weight is 275 g/mol. The van der Waals surface area contributed by atoms with Crippen molar-refractivity contribution in [2.24, 2.45) is 0 Å². The van der Waals surface area contributed by atoms with Crippen LogP contribution in [0.4, 0.5) is 5.69 Å². The van der Waals surface area contributed by atoms with Crippen LogP contribution in [0.25, 0.3) is 0 Å². The van der Waals surface area contributed by atoms with E-state index in [1.807, 2.05) is 18.2 Å². The van der Waals surface area contributed by atoms with E-state index in [0.717, 1.165) is 21.7 Å². The van der Waals surface area contributed by atoms with E-state index in [2.05, 4.69) is 41.2 Å². The molecular weight excluding hydrogens is 261 g/mol. The Morgan fingerprint density at radius 2 is 2.21 bits per heavy atom. The summed E-state index contributed by atoms with van der Waals surface area (Å²) in [4.78, 5) is 0. The maximum atomic E-state index is 5.95. The van der Waals surface area contributed by atoms with Crippen LogP contribution in [0.2, 0.25) is 5.02 Å². The summed E-state index contributed by atoms with van der Waals surface area (Å²) in [5, 5.41) is 3.99. The molecule has 1 nitrogen and oxygen atoms in total. The zero-order valence-corrected chi connectivity index (χ0v) is 10.6. The van der Waals surface area contributed by atoms with Gasteiger partial charge in [0, 0.05) is 16.7 Å². The molecule has 0 saturated heterocycles. The van der Waals surface area contributed by atoms with Crippen LogP contribution in [0.15, 0.2) is 34.3 Å². The van der Waals surface area contributed by atoms with Gasteiger partial charge in [0.25, 0.3) is 0 Å². The molecule has 14 heavy (non-hydrogen) atoms. The molecule has 0 bridgehead atoms. The normalized spacial score (nSPS) is 9.71. The Balaban J connectivity index is 2.60. The smallest absolute Gasteiger partial charge is 0.0568 e. The molecule has 1 rings (SSSR count). The van der Waals surface area contributed by atoms with E-state index in [1.54, 1.807) is 0 Å². The first-order chi connectivity index (χ1) is 6.59. The molecule has 76 valence electrons. The van der Waals surface area contributed by atoms with Crippen molar-refractivity contribution in [2.45, 2.75) is 13.8 Å². The van der Waals surface area contributed by atoms with Gasteiger partial charge < -0.3 is 5.32 Å². The van der Waals surface area contributed by atoms with Gasteiger partial charge in [0.1, 0.15) is 0 Å². The molecule has 0 aliphatic heterocycles. The van der Waals surface area contributed by atoms with Crippen LogP contribution in [0.1, 0.15) is 13.8 Å². The lowest BCUT2D eigenvalue weighted by atomic mass is 10.3. The van der Waals surface area contributed by atoms with Gasteiger partial charge in [-0.1, -0.05) is 23.3 Å². The van der Waals surface area contributed by atoms with E-state index in [9.17, 15) is 0 Å². The van der Waals surface area contributed by atoms with Crippen LogP contribution in [0, 0.1) is 0 Å². The minimum absolute atomic E-state index is 0.729. The summed E-state index contributed by atoms with van der Waals surface area (Å²) >= 11 is 9.30. The zero-order chi connectivity index (χ0) is 10.6. The number of rotatable bonds is 3. The fourth-order valence-electron chi connectivity index (χ4n) is 0.979. The molecule has 0 aliphatic rings. The fraction of sp³-hybridized carbons (Fsp3) is 0.273. The highest BCUT2D eigenvalue weighted by molar-refractivity contribution is 9.10. The summed E-state index contributed by atoms with van der Waals surface area (Å²) in [6, 6.07) is 5.84. The van der Waals surface area contributed by atoms with Crippen LogP contribution in [0.3, 0.4) is 0 Å². The molecule has 0 unspecified atom stereocenters. The van der Waals surface area contributed by atoms with Gasteiger partial charge in [-0.25, -0.2) is 0 Å². The standard InChI is InChI=1S/C11H13BrClN/c1-8(2)5-6-14-9-3-4-10(12)11(13)7-9/h3-5,7,14H,6H2,1-2H3. The van der Waals surface area contributed by atoms with Gasteiger partial charge in [-0.3, -0.25) is 0 Å². The van der Waals surface area contributed by atoms with Crippen molar-refractivity contribution >= 4 is 33.2 Å². The third-order valence-corrected chi connectivity index (χ3v) is 2.97. The summed E-state index contributed by atoms with van der Waals surface area (Å²) in [5.41, 5.74) is 2.34. The molecule has 1 N–H and O–H groups in total. The predicted octanol–water partition coefficient (Wildman–Crippen LogP) is 4.48. The molecule has 0 aliphatic carbocycles. The Morgan fingerprint density at radius 3 is 2.79 bits per heavy atom. The molecule has 0 heterocycles. The molecule has 0 spiro atoms. The molecular formula is C11H13BrClN. The Morgan fingerprint density at radius 1 is 1.50 bits per heavy atom. The van der Waals surface area contributed by atoms with Gasteiger partial charge in [-0.05, 0) is 48.0 Å². The monoisotopic (exact) mass is 273 g/mol. The molecule has 3 heteroatoms. The van der Waals surface area contributed by atoms with Gasteiger partial charge in [0.2, 0.25) is 0 Å². The molecule has 0 atom stereocenters. The van der Waals surface area contributed by atoms with Crippen molar-refractivity contribution in [1.29, 1.82) is 0 Å². The van der Waals surface area contributed by atoms with E-state index in [1.165, 1.54) is 5.57 Å². The van der Waals surface area contributed by atoms with Gasteiger partial charge >= 0.3 is 0 Å². The number of allylic oxidation sites excluding steroid dienone is 1. The van der Waals surface area contributed by atoms with Crippen LogP contribution < -0.4 is 5.32 Å². The third kappa shape index (κ3) is 3.72. The number of halogens is 2. The molecule has 1 aromatic carbocycles. The minimum Gasteiger partial charge on any atom is -0.382 e. The second kappa shape index (κ2) is 5.42. The van der Waals surface area contributed by atoms with Gasteiger partial charge in [0.05, 0.1) is 5.02 Å². The number of nitrogens with one attached hydrogen (secondary N) is 1. The van der Waals surface area contributed by atoms with Crippen molar-refractivity contribution in [3.05, 3.63) is 39.3 Å². The summed E-state index contributed by atoms with van der Waals surface area (Å²) in [7, 11) is 0. The Hall–Kier alpha value is -0.470. The van der Waals surface area contributed by atoms with Crippen LogP contribution in [-0.2, 0) is 0 Å². The van der Waals surface area contributed by atoms with Crippen LogP contribution >= 0.6 is 27.5 Å². The third-order valence-electron chi connectivity index (χ3n) is 1.74. The second-order valence-electron chi connectivity index (χ2n) is 3.29. The molecule has 0 aromatic heterocycles. The van der Waals surface area contributed by atoms with Crippen LogP contribution in [0.5, 0.6) is 0 Å². The number of benzene rings is 1. The van der Waals surface area contributed by atoms with E-state index in [0.29, 0.717) is 0 Å². The number of hydrogen-bond donors (Lipinski definition) is 1. The lowest BCUT2D eigenvalue weighted by molar-refractivity contribution is 1.26. The van der Waals surface area contributed by atoms with E-state index in [4.69, 9.17) is 11.6 Å². The minimum atomic E-state index is 0.729. The molecule has 1 aromatic rings. The number of hydrogen-bond acceptors (Lipinski definition) is 1. The zero-order valence-electron chi connectivity index (χ0n) is 8.27. The molecule has 0 saturated carbocycles. The summed E-state index contributed by atoms with van der Waals surface area (Å²) in [5.74, 6) is 0. The van der Waals surface area contributed by atoms with Crippen molar-refractivity contribution in [3.8, 4) is 0 Å². The van der Waals surface area contributed by atoms with Crippen molar-refractivity contribution in [2.75, 3.05) is 11.9 Å². The van der Waals surface area contributed by atoms with E-state index in [-0.39, 0.29) is 0 Å². The summed E-state index contributed by atoms with van der Waals surface area (Å²) < 4.78 is 0.923. The molecule has 0 radical (unpaired) electrons. The number of anilines is 1. The van der Waals surface area contributed by atoms with E-state index >= 15 is 0 Å². The lowest BCUT2D eigenvalue weighted by Crippen LogP contribution is -1.98. The Bertz CT molecular complexity index is 343. The topological polar surface area (TPSA) is 12.0 Å². The lowest BCUT2D eigenvalue weighted by Gasteiger charge is -2.04. The largest absolute Gasteiger partial charge is 0.382 e. The first-order valence-corrected chi connectivity index (χ1v) is 5.59. The fourth-order valence-corrected chi connectivity index (χ4v) is 1.41. The highest BCUT2D eigenvalue weighted by Crippen LogP contribution is 2.25. The Labute approximate surface area is 98.3 Å². The van der Waals surface area contributed by atoms with Crippen molar-refractivity contribution in [3.63, 3.8) is 0 Å². The quantitative estimate of drug-likeness (QED) is 0.801. The SMILES string of the molecule is CC(C)=CCNc1ccc(Br)c(Cl)c1.